The second kappa shape index (κ2) is 4.90. The lowest BCUT2D eigenvalue weighted by atomic mass is 9.87. The summed E-state index contributed by atoms with van der Waals surface area (Å²) in [6, 6.07) is 9.72. The molecule has 0 saturated carbocycles. The number of ether oxygens (including phenoxy) is 1. The zero-order valence-electron chi connectivity index (χ0n) is 10.6. The van der Waals surface area contributed by atoms with Gasteiger partial charge in [-0.25, -0.2) is 0 Å². The SMILES string of the molecule is Nc1ccncc1C(N)C1COc2ccccc2C1. The Balaban J connectivity index is 1.83. The fraction of sp³-hybridized carbons (Fsp3) is 0.267. The van der Waals surface area contributed by atoms with Crippen LogP contribution in [-0.4, -0.2) is 11.6 Å². The van der Waals surface area contributed by atoms with Gasteiger partial charge < -0.3 is 16.2 Å². The van der Waals surface area contributed by atoms with Crippen molar-refractivity contribution in [3.05, 3.63) is 53.9 Å². The number of nitrogens with two attached hydrogens (primary N) is 2. The van der Waals surface area contributed by atoms with E-state index < -0.39 is 0 Å². The number of nitrogen functional groups attached to an aromatic ring is 1. The monoisotopic (exact) mass is 255 g/mol. The number of hydrogen-bond acceptors (Lipinski definition) is 4. The highest BCUT2D eigenvalue weighted by atomic mass is 16.5. The van der Waals surface area contributed by atoms with Crippen molar-refractivity contribution < 1.29 is 4.74 Å². The van der Waals surface area contributed by atoms with Gasteiger partial charge in [0, 0.05) is 35.6 Å². The van der Waals surface area contributed by atoms with Crippen LogP contribution in [0.25, 0.3) is 0 Å². The van der Waals surface area contributed by atoms with Gasteiger partial charge in [-0.3, -0.25) is 4.98 Å². The molecule has 0 spiro atoms. The molecule has 0 aliphatic carbocycles. The minimum absolute atomic E-state index is 0.151. The number of fused-ring (bicyclic) bond motifs is 1. The lowest BCUT2D eigenvalue weighted by Crippen LogP contribution is -2.32. The third kappa shape index (κ3) is 2.27. The van der Waals surface area contributed by atoms with Crippen LogP contribution in [0.4, 0.5) is 5.69 Å². The summed E-state index contributed by atoms with van der Waals surface area (Å²) in [5.74, 6) is 1.19. The number of rotatable bonds is 2. The predicted molar refractivity (Wildman–Crippen MR) is 74.7 cm³/mol. The third-order valence-electron chi connectivity index (χ3n) is 3.66. The zero-order chi connectivity index (χ0) is 13.2. The summed E-state index contributed by atoms with van der Waals surface area (Å²) in [4.78, 5) is 4.10. The number of nitrogens with zero attached hydrogens (tertiary/aromatic N) is 1. The summed E-state index contributed by atoms with van der Waals surface area (Å²) >= 11 is 0. The average Bonchev–Trinajstić information content (AvgIpc) is 2.46. The van der Waals surface area contributed by atoms with Crippen molar-refractivity contribution in [2.75, 3.05) is 12.3 Å². The lowest BCUT2D eigenvalue weighted by molar-refractivity contribution is 0.200. The molecule has 0 amide bonds. The molecule has 0 bridgehead atoms. The highest BCUT2D eigenvalue weighted by Gasteiger charge is 2.27. The highest BCUT2D eigenvalue weighted by molar-refractivity contribution is 5.47. The van der Waals surface area contributed by atoms with Gasteiger partial charge in [0.2, 0.25) is 0 Å². The van der Waals surface area contributed by atoms with Gasteiger partial charge in [-0.1, -0.05) is 18.2 Å². The molecule has 1 aliphatic rings. The van der Waals surface area contributed by atoms with Crippen molar-refractivity contribution in [3.8, 4) is 5.75 Å². The summed E-state index contributed by atoms with van der Waals surface area (Å²) in [6.07, 6.45) is 4.34. The van der Waals surface area contributed by atoms with Gasteiger partial charge in [-0.2, -0.15) is 0 Å². The maximum Gasteiger partial charge on any atom is 0.122 e. The summed E-state index contributed by atoms with van der Waals surface area (Å²) in [6.45, 7) is 0.618. The van der Waals surface area contributed by atoms with E-state index in [1.807, 2.05) is 18.2 Å². The van der Waals surface area contributed by atoms with E-state index in [2.05, 4.69) is 11.1 Å². The Morgan fingerprint density at radius 1 is 1.26 bits per heavy atom. The number of pyridine rings is 1. The quantitative estimate of drug-likeness (QED) is 0.859. The Kier molecular flexibility index (Phi) is 3.09. The molecule has 2 atom stereocenters. The van der Waals surface area contributed by atoms with E-state index in [-0.39, 0.29) is 12.0 Å². The minimum atomic E-state index is -0.151. The van der Waals surface area contributed by atoms with Crippen molar-refractivity contribution >= 4 is 5.69 Å². The molecule has 4 nitrogen and oxygen atoms in total. The van der Waals surface area contributed by atoms with Crippen molar-refractivity contribution in [2.24, 2.45) is 11.7 Å². The van der Waals surface area contributed by atoms with Crippen molar-refractivity contribution in [2.45, 2.75) is 12.5 Å². The lowest BCUT2D eigenvalue weighted by Gasteiger charge is -2.30. The Morgan fingerprint density at radius 3 is 2.95 bits per heavy atom. The number of anilines is 1. The molecule has 4 N–H and O–H groups in total. The van der Waals surface area contributed by atoms with Crippen molar-refractivity contribution in [3.63, 3.8) is 0 Å². The van der Waals surface area contributed by atoms with Gasteiger partial charge in [-0.05, 0) is 24.1 Å². The van der Waals surface area contributed by atoms with Gasteiger partial charge in [0.1, 0.15) is 5.75 Å². The van der Waals surface area contributed by atoms with Crippen LogP contribution in [0.15, 0.2) is 42.7 Å². The van der Waals surface area contributed by atoms with E-state index in [0.717, 1.165) is 17.7 Å². The van der Waals surface area contributed by atoms with Gasteiger partial charge in [0.25, 0.3) is 0 Å². The first kappa shape index (κ1) is 12.0. The average molecular weight is 255 g/mol. The first-order valence-corrected chi connectivity index (χ1v) is 6.41. The molecule has 4 heteroatoms. The van der Waals surface area contributed by atoms with Gasteiger partial charge in [-0.15, -0.1) is 0 Å². The summed E-state index contributed by atoms with van der Waals surface area (Å²) < 4.78 is 5.78. The van der Waals surface area contributed by atoms with Crippen LogP contribution in [0.3, 0.4) is 0 Å². The molecule has 2 heterocycles. The maximum atomic E-state index is 6.33. The second-order valence-corrected chi connectivity index (χ2v) is 4.91. The highest BCUT2D eigenvalue weighted by Crippen LogP contribution is 2.33. The molecule has 3 rings (SSSR count). The number of hydrogen-bond donors (Lipinski definition) is 2. The van der Waals surface area contributed by atoms with Gasteiger partial charge in [0.05, 0.1) is 6.61 Å². The van der Waals surface area contributed by atoms with Gasteiger partial charge >= 0.3 is 0 Å². The molecule has 2 unspecified atom stereocenters. The number of para-hydroxylation sites is 1. The second-order valence-electron chi connectivity index (χ2n) is 4.91. The van der Waals surface area contributed by atoms with E-state index in [1.165, 1.54) is 5.56 Å². The van der Waals surface area contributed by atoms with E-state index >= 15 is 0 Å². The topological polar surface area (TPSA) is 74.2 Å². The Hall–Kier alpha value is -2.07. The maximum absolute atomic E-state index is 6.33. The first-order chi connectivity index (χ1) is 9.25. The molecule has 1 aromatic carbocycles. The standard InChI is InChI=1S/C15H17N3O/c16-13-5-6-18-8-12(13)15(17)11-7-10-3-1-2-4-14(10)19-9-11/h1-6,8,11,15H,7,9,17H2,(H2,16,18). The van der Waals surface area contributed by atoms with Crippen molar-refractivity contribution in [1.29, 1.82) is 0 Å². The van der Waals surface area contributed by atoms with Crippen LogP contribution in [-0.2, 0) is 6.42 Å². The van der Waals surface area contributed by atoms with Crippen LogP contribution in [0.5, 0.6) is 5.75 Å². The zero-order valence-corrected chi connectivity index (χ0v) is 10.6. The third-order valence-corrected chi connectivity index (χ3v) is 3.66. The van der Waals surface area contributed by atoms with E-state index in [9.17, 15) is 0 Å². The normalized spacial score (nSPS) is 19.3. The molecular formula is C15H17N3O. The molecule has 19 heavy (non-hydrogen) atoms. The molecule has 1 aliphatic heterocycles. The molecule has 98 valence electrons. The molecule has 0 saturated heterocycles. The fourth-order valence-corrected chi connectivity index (χ4v) is 2.53. The number of aromatic nitrogens is 1. The molecule has 2 aromatic rings. The summed E-state index contributed by atoms with van der Waals surface area (Å²) in [7, 11) is 0. The van der Waals surface area contributed by atoms with Gasteiger partial charge in [0.15, 0.2) is 0 Å². The summed E-state index contributed by atoms with van der Waals surface area (Å²) in [5, 5.41) is 0. The molecule has 1 aromatic heterocycles. The largest absolute Gasteiger partial charge is 0.493 e. The van der Waals surface area contributed by atoms with E-state index in [0.29, 0.717) is 12.3 Å². The van der Waals surface area contributed by atoms with Crippen LogP contribution in [0, 0.1) is 5.92 Å². The molecule has 0 fully saturated rings. The van der Waals surface area contributed by atoms with Crippen molar-refractivity contribution in [1.82, 2.24) is 4.98 Å². The number of benzene rings is 1. The first-order valence-electron chi connectivity index (χ1n) is 6.41. The Bertz CT molecular complexity index is 585. The summed E-state index contributed by atoms with van der Waals surface area (Å²) in [5.41, 5.74) is 15.1. The Morgan fingerprint density at radius 2 is 2.11 bits per heavy atom. The predicted octanol–water partition coefficient (Wildman–Crippen LogP) is 1.91. The molecular weight excluding hydrogens is 238 g/mol. The van der Waals surface area contributed by atoms with Crippen LogP contribution in [0.2, 0.25) is 0 Å². The van der Waals surface area contributed by atoms with E-state index in [4.69, 9.17) is 16.2 Å². The minimum Gasteiger partial charge on any atom is -0.493 e. The van der Waals surface area contributed by atoms with E-state index in [1.54, 1.807) is 18.5 Å². The smallest absolute Gasteiger partial charge is 0.122 e. The van der Waals surface area contributed by atoms with Crippen LogP contribution >= 0.6 is 0 Å². The van der Waals surface area contributed by atoms with Crippen LogP contribution in [0.1, 0.15) is 17.2 Å². The van der Waals surface area contributed by atoms with Crippen LogP contribution < -0.4 is 16.2 Å². The fourth-order valence-electron chi connectivity index (χ4n) is 2.53. The Labute approximate surface area is 112 Å². The molecule has 0 radical (unpaired) electrons.